The fraction of sp³-hybridized carbons (Fsp3) is 0.333. The highest BCUT2D eigenvalue weighted by molar-refractivity contribution is 5.85. The molecule has 0 fully saturated rings. The van der Waals surface area contributed by atoms with Crippen LogP contribution in [0.4, 0.5) is 4.39 Å². The first-order valence-corrected chi connectivity index (χ1v) is 3.74. The molecule has 1 unspecified atom stereocenters. The molecule has 0 amide bonds. The normalized spacial score (nSPS) is 11.7. The zero-order valence-corrected chi connectivity index (χ0v) is 8.40. The van der Waals surface area contributed by atoms with Crippen LogP contribution in [0, 0.1) is 5.82 Å². The quantitative estimate of drug-likeness (QED) is 0.804. The number of rotatable bonds is 2. The molecule has 74 valence electrons. The highest BCUT2D eigenvalue weighted by Gasteiger charge is 2.10. The van der Waals surface area contributed by atoms with Crippen LogP contribution in [0.1, 0.15) is 18.5 Å². The molecule has 1 aromatic carbocycles. The van der Waals surface area contributed by atoms with Crippen LogP contribution in [0.3, 0.4) is 0 Å². The Kier molecular flexibility index (Phi) is 4.73. The van der Waals surface area contributed by atoms with Crippen LogP contribution in [-0.4, -0.2) is 7.11 Å². The van der Waals surface area contributed by atoms with Gasteiger partial charge >= 0.3 is 0 Å². The summed E-state index contributed by atoms with van der Waals surface area (Å²) in [7, 11) is 1.43. The van der Waals surface area contributed by atoms with Crippen LogP contribution in [0.15, 0.2) is 18.2 Å². The van der Waals surface area contributed by atoms with E-state index in [1.807, 2.05) is 0 Å². The van der Waals surface area contributed by atoms with E-state index in [-0.39, 0.29) is 30.0 Å². The maximum Gasteiger partial charge on any atom is 0.165 e. The van der Waals surface area contributed by atoms with Crippen LogP contribution >= 0.6 is 12.4 Å². The van der Waals surface area contributed by atoms with Gasteiger partial charge in [-0.1, -0.05) is 12.1 Å². The number of hydrogen-bond donors (Lipinski definition) is 1. The highest BCUT2D eigenvalue weighted by atomic mass is 35.5. The fourth-order valence-electron chi connectivity index (χ4n) is 1.10. The van der Waals surface area contributed by atoms with Crippen molar-refractivity contribution in [3.63, 3.8) is 0 Å². The summed E-state index contributed by atoms with van der Waals surface area (Å²) < 4.78 is 17.9. The molecule has 0 heterocycles. The van der Waals surface area contributed by atoms with Crippen molar-refractivity contribution < 1.29 is 9.13 Å². The minimum absolute atomic E-state index is 0. The molecular formula is C9H13ClFNO. The van der Waals surface area contributed by atoms with Gasteiger partial charge in [-0.25, -0.2) is 4.39 Å². The first-order valence-electron chi connectivity index (χ1n) is 3.74. The molecule has 0 saturated carbocycles. The SMILES string of the molecule is COc1c(F)cccc1C(C)N.Cl. The van der Waals surface area contributed by atoms with E-state index in [0.29, 0.717) is 5.56 Å². The zero-order chi connectivity index (χ0) is 9.14. The summed E-state index contributed by atoms with van der Waals surface area (Å²) in [6.07, 6.45) is 0. The fourth-order valence-corrected chi connectivity index (χ4v) is 1.10. The van der Waals surface area contributed by atoms with Crippen molar-refractivity contribution in [1.82, 2.24) is 0 Å². The molecule has 0 aliphatic rings. The van der Waals surface area contributed by atoms with E-state index in [2.05, 4.69) is 0 Å². The summed E-state index contributed by atoms with van der Waals surface area (Å²) >= 11 is 0. The number of halogens is 2. The van der Waals surface area contributed by atoms with Crippen LogP contribution in [-0.2, 0) is 0 Å². The Labute approximate surface area is 83.3 Å². The van der Waals surface area contributed by atoms with Crippen LogP contribution in [0.5, 0.6) is 5.75 Å². The topological polar surface area (TPSA) is 35.2 Å². The molecule has 1 atom stereocenters. The molecule has 0 aliphatic carbocycles. The highest BCUT2D eigenvalue weighted by Crippen LogP contribution is 2.26. The third-order valence-electron chi connectivity index (χ3n) is 1.69. The maximum atomic E-state index is 13.0. The lowest BCUT2D eigenvalue weighted by Gasteiger charge is -2.11. The Morgan fingerprint density at radius 1 is 1.46 bits per heavy atom. The minimum atomic E-state index is -0.368. The third-order valence-corrected chi connectivity index (χ3v) is 1.69. The zero-order valence-electron chi connectivity index (χ0n) is 7.58. The standard InChI is InChI=1S/C9H12FNO.ClH/c1-6(11)7-4-3-5-8(10)9(7)12-2;/h3-6H,11H2,1-2H3;1H. The van der Waals surface area contributed by atoms with Crippen molar-refractivity contribution in [3.8, 4) is 5.75 Å². The number of hydrogen-bond acceptors (Lipinski definition) is 2. The van der Waals surface area contributed by atoms with Crippen molar-refractivity contribution >= 4 is 12.4 Å². The molecule has 1 rings (SSSR count). The Hall–Kier alpha value is -0.800. The molecule has 0 radical (unpaired) electrons. The number of benzene rings is 1. The predicted molar refractivity (Wildman–Crippen MR) is 52.8 cm³/mol. The molecule has 13 heavy (non-hydrogen) atoms. The second-order valence-corrected chi connectivity index (χ2v) is 2.65. The number of ether oxygens (including phenoxy) is 1. The first-order chi connectivity index (χ1) is 5.66. The Balaban J connectivity index is 0.00000144. The molecule has 4 heteroatoms. The van der Waals surface area contributed by atoms with E-state index in [1.54, 1.807) is 19.1 Å². The second-order valence-electron chi connectivity index (χ2n) is 2.65. The van der Waals surface area contributed by atoms with Gasteiger partial charge in [-0.15, -0.1) is 12.4 Å². The molecule has 0 aromatic heterocycles. The molecule has 0 aliphatic heterocycles. The molecule has 0 bridgehead atoms. The smallest absolute Gasteiger partial charge is 0.165 e. The molecule has 1 aromatic rings. The molecular weight excluding hydrogens is 193 g/mol. The van der Waals surface area contributed by atoms with Gasteiger partial charge in [-0.2, -0.15) is 0 Å². The lowest BCUT2D eigenvalue weighted by Crippen LogP contribution is -2.07. The van der Waals surface area contributed by atoms with Gasteiger partial charge in [0.25, 0.3) is 0 Å². The van der Waals surface area contributed by atoms with Gasteiger partial charge in [0.1, 0.15) is 0 Å². The van der Waals surface area contributed by atoms with E-state index in [1.165, 1.54) is 13.2 Å². The van der Waals surface area contributed by atoms with Gasteiger partial charge in [-0.3, -0.25) is 0 Å². The minimum Gasteiger partial charge on any atom is -0.493 e. The van der Waals surface area contributed by atoms with Crippen LogP contribution in [0.2, 0.25) is 0 Å². The molecule has 2 nitrogen and oxygen atoms in total. The van der Waals surface area contributed by atoms with Crippen molar-refractivity contribution in [2.24, 2.45) is 5.73 Å². The van der Waals surface area contributed by atoms with E-state index in [9.17, 15) is 4.39 Å². The van der Waals surface area contributed by atoms with Crippen molar-refractivity contribution in [2.75, 3.05) is 7.11 Å². The molecule has 2 N–H and O–H groups in total. The molecule has 0 saturated heterocycles. The van der Waals surface area contributed by atoms with E-state index < -0.39 is 0 Å². The van der Waals surface area contributed by atoms with Crippen molar-refractivity contribution in [2.45, 2.75) is 13.0 Å². The van der Waals surface area contributed by atoms with Gasteiger partial charge in [-0.05, 0) is 13.0 Å². The Morgan fingerprint density at radius 2 is 2.08 bits per heavy atom. The van der Waals surface area contributed by atoms with Crippen molar-refractivity contribution in [1.29, 1.82) is 0 Å². The van der Waals surface area contributed by atoms with E-state index in [4.69, 9.17) is 10.5 Å². The summed E-state index contributed by atoms with van der Waals surface area (Å²) in [5.41, 5.74) is 6.30. The Morgan fingerprint density at radius 3 is 2.46 bits per heavy atom. The summed E-state index contributed by atoms with van der Waals surface area (Å²) in [5, 5.41) is 0. The number of methoxy groups -OCH3 is 1. The monoisotopic (exact) mass is 205 g/mol. The lowest BCUT2D eigenvalue weighted by molar-refractivity contribution is 0.379. The molecule has 0 spiro atoms. The maximum absolute atomic E-state index is 13.0. The third kappa shape index (κ3) is 2.57. The van der Waals surface area contributed by atoms with E-state index >= 15 is 0 Å². The van der Waals surface area contributed by atoms with Gasteiger partial charge in [0.15, 0.2) is 11.6 Å². The second kappa shape index (κ2) is 5.04. The largest absolute Gasteiger partial charge is 0.493 e. The van der Waals surface area contributed by atoms with Crippen LogP contribution in [0.25, 0.3) is 0 Å². The number of para-hydroxylation sites is 1. The first kappa shape index (κ1) is 12.2. The number of nitrogens with two attached hydrogens (primary N) is 1. The van der Waals surface area contributed by atoms with Crippen molar-refractivity contribution in [3.05, 3.63) is 29.6 Å². The average Bonchev–Trinajstić information content (AvgIpc) is 2.03. The summed E-state index contributed by atoms with van der Waals surface area (Å²) in [6, 6.07) is 4.52. The summed E-state index contributed by atoms with van der Waals surface area (Å²) in [5.74, 6) is -0.125. The lowest BCUT2D eigenvalue weighted by atomic mass is 10.1. The van der Waals surface area contributed by atoms with Gasteiger partial charge < -0.3 is 10.5 Å². The van der Waals surface area contributed by atoms with Gasteiger partial charge in [0.05, 0.1) is 7.11 Å². The summed E-state index contributed by atoms with van der Waals surface area (Å²) in [6.45, 7) is 1.79. The van der Waals surface area contributed by atoms with Gasteiger partial charge in [0, 0.05) is 11.6 Å². The van der Waals surface area contributed by atoms with E-state index in [0.717, 1.165) is 0 Å². The summed E-state index contributed by atoms with van der Waals surface area (Å²) in [4.78, 5) is 0. The average molecular weight is 206 g/mol. The van der Waals surface area contributed by atoms with Crippen LogP contribution < -0.4 is 10.5 Å². The van der Waals surface area contributed by atoms with Gasteiger partial charge in [0.2, 0.25) is 0 Å². The Bertz CT molecular complexity index is 278. The predicted octanol–water partition coefficient (Wildman–Crippen LogP) is 2.28.